The van der Waals surface area contributed by atoms with Crippen LogP contribution >= 0.6 is 11.8 Å². The van der Waals surface area contributed by atoms with E-state index < -0.39 is 17.6 Å². The molecule has 2 nitrogen and oxygen atoms in total. The van der Waals surface area contributed by atoms with E-state index in [1.165, 1.54) is 23.9 Å². The predicted molar refractivity (Wildman–Crippen MR) is 58.6 cm³/mol. The lowest BCUT2D eigenvalue weighted by molar-refractivity contribution is -0.137. The van der Waals surface area contributed by atoms with Gasteiger partial charge in [0.25, 0.3) is 0 Å². The molecular weight excluding hydrogens is 234 g/mol. The number of carboxylic acids is 1. The maximum atomic E-state index is 13.1. The molecule has 0 amide bonds. The molecule has 88 valence electrons. The van der Waals surface area contributed by atoms with Gasteiger partial charge in [-0.2, -0.15) is 0 Å². The van der Waals surface area contributed by atoms with Crippen molar-refractivity contribution in [3.8, 4) is 0 Å². The van der Waals surface area contributed by atoms with Crippen molar-refractivity contribution in [1.29, 1.82) is 0 Å². The van der Waals surface area contributed by atoms with Crippen LogP contribution in [-0.2, 0) is 4.79 Å². The Hall–Kier alpha value is -1.10. The maximum Gasteiger partial charge on any atom is 0.303 e. The van der Waals surface area contributed by atoms with Crippen molar-refractivity contribution in [2.45, 2.75) is 24.2 Å². The number of carbonyl (C=O) groups is 1. The van der Waals surface area contributed by atoms with E-state index in [1.807, 2.05) is 0 Å². The topological polar surface area (TPSA) is 37.3 Å². The SMILES string of the molecule is O=C(O)CCCCSc1ccc(F)cc1F. The van der Waals surface area contributed by atoms with Crippen molar-refractivity contribution >= 4 is 17.7 Å². The number of rotatable bonds is 6. The maximum absolute atomic E-state index is 13.1. The number of hydrogen-bond acceptors (Lipinski definition) is 2. The molecular formula is C11H12F2O2S. The van der Waals surface area contributed by atoms with Gasteiger partial charge in [0.2, 0.25) is 0 Å². The standard InChI is InChI=1S/C11H12F2O2S/c12-8-4-5-10(9(13)7-8)16-6-2-1-3-11(14)15/h4-5,7H,1-3,6H2,(H,14,15). The summed E-state index contributed by atoms with van der Waals surface area (Å²) < 4.78 is 25.7. The quantitative estimate of drug-likeness (QED) is 0.618. The molecule has 0 aliphatic carbocycles. The van der Waals surface area contributed by atoms with Crippen molar-refractivity contribution in [2.75, 3.05) is 5.75 Å². The molecule has 0 saturated carbocycles. The fourth-order valence-corrected chi connectivity index (χ4v) is 2.08. The molecule has 1 aromatic rings. The average Bonchev–Trinajstić information content (AvgIpc) is 2.20. The van der Waals surface area contributed by atoms with E-state index in [9.17, 15) is 13.6 Å². The van der Waals surface area contributed by atoms with Gasteiger partial charge in [0.05, 0.1) is 0 Å². The molecule has 0 aliphatic heterocycles. The molecule has 5 heteroatoms. The zero-order chi connectivity index (χ0) is 12.0. The summed E-state index contributed by atoms with van der Waals surface area (Å²) in [6.07, 6.45) is 1.41. The van der Waals surface area contributed by atoms with Crippen LogP contribution in [-0.4, -0.2) is 16.8 Å². The molecule has 0 fully saturated rings. The number of unbranched alkanes of at least 4 members (excludes halogenated alkanes) is 1. The molecule has 0 spiro atoms. The van der Waals surface area contributed by atoms with E-state index in [2.05, 4.69) is 0 Å². The normalized spacial score (nSPS) is 10.4. The Morgan fingerprint density at radius 3 is 2.69 bits per heavy atom. The highest BCUT2D eigenvalue weighted by Gasteiger charge is 2.04. The van der Waals surface area contributed by atoms with Crippen LogP contribution in [0.4, 0.5) is 8.78 Å². The molecule has 0 atom stereocenters. The van der Waals surface area contributed by atoms with Gasteiger partial charge in [-0.25, -0.2) is 8.78 Å². The second-order valence-corrected chi connectivity index (χ2v) is 4.41. The molecule has 0 aromatic heterocycles. The smallest absolute Gasteiger partial charge is 0.303 e. The monoisotopic (exact) mass is 246 g/mol. The minimum absolute atomic E-state index is 0.131. The lowest BCUT2D eigenvalue weighted by Crippen LogP contribution is -1.94. The molecule has 0 saturated heterocycles. The van der Waals surface area contributed by atoms with Gasteiger partial charge in [-0.15, -0.1) is 11.8 Å². The number of benzene rings is 1. The van der Waals surface area contributed by atoms with E-state index in [0.717, 1.165) is 6.07 Å². The Morgan fingerprint density at radius 2 is 2.06 bits per heavy atom. The lowest BCUT2D eigenvalue weighted by atomic mass is 10.2. The first-order valence-electron chi connectivity index (χ1n) is 4.89. The molecule has 1 N–H and O–H groups in total. The van der Waals surface area contributed by atoms with Crippen LogP contribution in [0.25, 0.3) is 0 Å². The summed E-state index contributed by atoms with van der Waals surface area (Å²) in [4.78, 5) is 10.6. The van der Waals surface area contributed by atoms with Gasteiger partial charge in [0.15, 0.2) is 0 Å². The van der Waals surface area contributed by atoms with E-state index in [4.69, 9.17) is 5.11 Å². The number of aliphatic carboxylic acids is 1. The van der Waals surface area contributed by atoms with Crippen LogP contribution < -0.4 is 0 Å². The summed E-state index contributed by atoms with van der Waals surface area (Å²) in [6, 6.07) is 3.45. The number of hydrogen-bond donors (Lipinski definition) is 1. The third-order valence-electron chi connectivity index (χ3n) is 1.94. The second kappa shape index (κ2) is 6.48. The van der Waals surface area contributed by atoms with Gasteiger partial charge in [0.1, 0.15) is 11.6 Å². The van der Waals surface area contributed by atoms with Gasteiger partial charge in [-0.1, -0.05) is 0 Å². The van der Waals surface area contributed by atoms with E-state index in [1.54, 1.807) is 0 Å². The molecule has 1 aromatic carbocycles. The van der Waals surface area contributed by atoms with Crippen LogP contribution in [0.2, 0.25) is 0 Å². The first-order valence-corrected chi connectivity index (χ1v) is 5.88. The highest BCUT2D eigenvalue weighted by atomic mass is 32.2. The zero-order valence-corrected chi connectivity index (χ0v) is 9.40. The molecule has 0 unspecified atom stereocenters. The Morgan fingerprint density at radius 1 is 1.31 bits per heavy atom. The summed E-state index contributed by atoms with van der Waals surface area (Å²) in [5, 5.41) is 8.40. The Labute approximate surface area is 96.7 Å². The highest BCUT2D eigenvalue weighted by molar-refractivity contribution is 7.99. The van der Waals surface area contributed by atoms with Crippen LogP contribution in [0.15, 0.2) is 23.1 Å². The third kappa shape index (κ3) is 4.61. The molecule has 0 radical (unpaired) electrons. The van der Waals surface area contributed by atoms with E-state index in [0.29, 0.717) is 23.5 Å². The third-order valence-corrected chi connectivity index (χ3v) is 3.07. The van der Waals surface area contributed by atoms with Crippen LogP contribution in [0.3, 0.4) is 0 Å². The predicted octanol–water partition coefficient (Wildman–Crippen LogP) is 3.31. The number of thioether (sulfide) groups is 1. The van der Waals surface area contributed by atoms with Gasteiger partial charge in [0, 0.05) is 17.4 Å². The Kier molecular flexibility index (Phi) is 5.25. The van der Waals surface area contributed by atoms with Crippen LogP contribution in [0, 0.1) is 11.6 Å². The van der Waals surface area contributed by atoms with Crippen molar-refractivity contribution in [3.63, 3.8) is 0 Å². The van der Waals surface area contributed by atoms with Crippen LogP contribution in [0.5, 0.6) is 0 Å². The highest BCUT2D eigenvalue weighted by Crippen LogP contribution is 2.23. The minimum atomic E-state index is -0.821. The zero-order valence-electron chi connectivity index (χ0n) is 8.58. The van der Waals surface area contributed by atoms with Gasteiger partial charge in [-0.05, 0) is 30.7 Å². The summed E-state index contributed by atoms with van der Waals surface area (Å²) in [7, 11) is 0. The van der Waals surface area contributed by atoms with Crippen molar-refractivity contribution in [3.05, 3.63) is 29.8 Å². The Bertz CT molecular complexity index is 369. The van der Waals surface area contributed by atoms with E-state index in [-0.39, 0.29) is 6.42 Å². The molecule has 0 heterocycles. The summed E-state index contributed by atoms with van der Waals surface area (Å²) in [5.74, 6) is -1.34. The molecule has 1 rings (SSSR count). The number of carboxylic acid groups (broad SMARTS) is 1. The summed E-state index contributed by atoms with van der Waals surface area (Å²) >= 11 is 1.27. The van der Waals surface area contributed by atoms with Crippen molar-refractivity contribution < 1.29 is 18.7 Å². The molecule has 16 heavy (non-hydrogen) atoms. The largest absolute Gasteiger partial charge is 0.481 e. The molecule has 0 bridgehead atoms. The first-order chi connectivity index (χ1) is 7.59. The second-order valence-electron chi connectivity index (χ2n) is 3.27. The van der Waals surface area contributed by atoms with Gasteiger partial charge < -0.3 is 5.11 Å². The fraction of sp³-hybridized carbons (Fsp3) is 0.364. The minimum Gasteiger partial charge on any atom is -0.481 e. The van der Waals surface area contributed by atoms with Crippen molar-refractivity contribution in [1.82, 2.24) is 0 Å². The van der Waals surface area contributed by atoms with Gasteiger partial charge >= 0.3 is 5.97 Å². The van der Waals surface area contributed by atoms with Gasteiger partial charge in [-0.3, -0.25) is 4.79 Å². The average molecular weight is 246 g/mol. The van der Waals surface area contributed by atoms with Crippen LogP contribution in [0.1, 0.15) is 19.3 Å². The summed E-state index contributed by atoms with van der Waals surface area (Å²) in [5.41, 5.74) is 0. The Balaban J connectivity index is 2.29. The number of halogens is 2. The summed E-state index contributed by atoms with van der Waals surface area (Å²) in [6.45, 7) is 0. The van der Waals surface area contributed by atoms with Crippen molar-refractivity contribution in [2.24, 2.45) is 0 Å². The van der Waals surface area contributed by atoms with E-state index >= 15 is 0 Å². The fourth-order valence-electron chi connectivity index (χ4n) is 1.15. The first kappa shape index (κ1) is 13.0. The molecule has 0 aliphatic rings. The lowest BCUT2D eigenvalue weighted by Gasteiger charge is -2.02.